The molecule has 27 heavy (non-hydrogen) atoms. The van der Waals surface area contributed by atoms with Crippen molar-refractivity contribution >= 4 is 5.96 Å². The monoisotopic (exact) mass is 371 g/mol. The minimum atomic E-state index is 0.774. The van der Waals surface area contributed by atoms with Crippen molar-refractivity contribution in [2.45, 2.75) is 32.7 Å². The van der Waals surface area contributed by atoms with Gasteiger partial charge in [-0.1, -0.05) is 6.92 Å². The molecule has 0 fully saturated rings. The molecule has 6 nitrogen and oxygen atoms in total. The number of nitrogens with zero attached hydrogens (tertiary/aromatic N) is 2. The second kappa shape index (κ2) is 9.35. The second-order valence-corrected chi connectivity index (χ2v) is 6.61. The van der Waals surface area contributed by atoms with Crippen molar-refractivity contribution in [1.82, 2.24) is 10.2 Å². The molecule has 1 aliphatic rings. The second-order valence-electron chi connectivity index (χ2n) is 6.61. The summed E-state index contributed by atoms with van der Waals surface area (Å²) >= 11 is 0. The number of rotatable bonds is 7. The molecule has 1 aliphatic heterocycles. The van der Waals surface area contributed by atoms with Crippen LogP contribution in [0.15, 0.2) is 39.9 Å². The van der Waals surface area contributed by atoms with Crippen LogP contribution in [0.5, 0.6) is 11.5 Å². The van der Waals surface area contributed by atoms with Gasteiger partial charge < -0.3 is 24.1 Å². The number of benzene rings is 1. The number of methoxy groups -OCH3 is 2. The zero-order valence-electron chi connectivity index (χ0n) is 16.5. The summed E-state index contributed by atoms with van der Waals surface area (Å²) in [5.74, 6) is 3.51. The minimum absolute atomic E-state index is 0.774. The van der Waals surface area contributed by atoms with Gasteiger partial charge in [-0.3, -0.25) is 4.99 Å². The fourth-order valence-corrected chi connectivity index (χ4v) is 3.30. The molecule has 1 N–H and O–H groups in total. The van der Waals surface area contributed by atoms with Gasteiger partial charge in [0.15, 0.2) is 17.5 Å². The molecule has 1 aromatic heterocycles. The lowest BCUT2D eigenvalue weighted by Crippen LogP contribution is -2.44. The Bertz CT molecular complexity index is 756. The molecule has 0 aliphatic carbocycles. The molecule has 0 spiro atoms. The summed E-state index contributed by atoms with van der Waals surface area (Å²) in [4.78, 5) is 7.09. The maximum absolute atomic E-state index is 5.47. The van der Waals surface area contributed by atoms with Crippen LogP contribution in [-0.4, -0.2) is 44.7 Å². The lowest BCUT2D eigenvalue weighted by atomic mass is 9.99. The minimum Gasteiger partial charge on any atom is -0.493 e. The zero-order valence-corrected chi connectivity index (χ0v) is 16.5. The molecule has 2 aromatic rings. The Labute approximate surface area is 161 Å². The van der Waals surface area contributed by atoms with E-state index in [2.05, 4.69) is 29.3 Å². The van der Waals surface area contributed by atoms with Crippen LogP contribution in [0.3, 0.4) is 0 Å². The quantitative estimate of drug-likeness (QED) is 0.598. The number of fused-ring (bicyclic) bond motifs is 1. The number of nitrogens with one attached hydrogen (secondary N) is 1. The molecule has 1 aromatic carbocycles. The van der Waals surface area contributed by atoms with E-state index in [1.807, 2.05) is 12.1 Å². The molecule has 6 heteroatoms. The fourth-order valence-electron chi connectivity index (χ4n) is 3.30. The van der Waals surface area contributed by atoms with Crippen molar-refractivity contribution in [3.63, 3.8) is 0 Å². The number of ether oxygens (including phenoxy) is 2. The molecular weight excluding hydrogens is 342 g/mol. The standard InChI is InChI=1S/C21H29N3O3/c1-4-9-22-21(23-10-7-18-6-5-12-27-18)24-11-8-16-13-19(25-2)20(26-3)14-17(16)15-24/h5-6,12-14H,4,7-11,15H2,1-3H3,(H,22,23). The molecule has 146 valence electrons. The largest absolute Gasteiger partial charge is 0.493 e. The van der Waals surface area contributed by atoms with Crippen LogP contribution in [0.4, 0.5) is 0 Å². The summed E-state index contributed by atoms with van der Waals surface area (Å²) in [6.45, 7) is 5.50. The summed E-state index contributed by atoms with van der Waals surface area (Å²) in [5, 5.41) is 3.50. The maximum Gasteiger partial charge on any atom is 0.194 e. The van der Waals surface area contributed by atoms with Crippen molar-refractivity contribution in [3.8, 4) is 11.5 Å². The zero-order chi connectivity index (χ0) is 19.1. The molecule has 0 unspecified atom stereocenters. The average molecular weight is 371 g/mol. The lowest BCUT2D eigenvalue weighted by molar-refractivity contribution is 0.345. The van der Waals surface area contributed by atoms with E-state index in [1.165, 1.54) is 11.1 Å². The van der Waals surface area contributed by atoms with E-state index in [4.69, 9.17) is 18.9 Å². The Hall–Kier alpha value is -2.63. The van der Waals surface area contributed by atoms with Crippen LogP contribution in [0.25, 0.3) is 0 Å². The van der Waals surface area contributed by atoms with Crippen LogP contribution >= 0.6 is 0 Å². The van der Waals surface area contributed by atoms with E-state index < -0.39 is 0 Å². The Kier molecular flexibility index (Phi) is 6.63. The Morgan fingerprint density at radius 2 is 2.00 bits per heavy atom. The Morgan fingerprint density at radius 3 is 2.67 bits per heavy atom. The SMILES string of the molecule is CCCN=C(NCCc1ccco1)N1CCc2cc(OC)c(OC)cc2C1. The number of furan rings is 1. The van der Waals surface area contributed by atoms with Gasteiger partial charge in [-0.15, -0.1) is 0 Å². The smallest absolute Gasteiger partial charge is 0.194 e. The molecule has 0 bridgehead atoms. The van der Waals surface area contributed by atoms with E-state index >= 15 is 0 Å². The summed E-state index contributed by atoms with van der Waals surface area (Å²) in [6.07, 6.45) is 4.54. The van der Waals surface area contributed by atoms with Gasteiger partial charge in [0, 0.05) is 32.6 Å². The van der Waals surface area contributed by atoms with Crippen LogP contribution in [0, 0.1) is 0 Å². The van der Waals surface area contributed by atoms with Gasteiger partial charge in [0.1, 0.15) is 5.76 Å². The van der Waals surface area contributed by atoms with Crippen LogP contribution < -0.4 is 14.8 Å². The van der Waals surface area contributed by atoms with E-state index in [9.17, 15) is 0 Å². The van der Waals surface area contributed by atoms with Crippen molar-refractivity contribution < 1.29 is 13.9 Å². The highest BCUT2D eigenvalue weighted by Crippen LogP contribution is 2.33. The maximum atomic E-state index is 5.47. The van der Waals surface area contributed by atoms with Crippen LogP contribution in [0.2, 0.25) is 0 Å². The highest BCUT2D eigenvalue weighted by Gasteiger charge is 2.21. The average Bonchev–Trinajstić information content (AvgIpc) is 3.22. The van der Waals surface area contributed by atoms with E-state index in [0.717, 1.165) is 68.7 Å². The number of hydrogen-bond acceptors (Lipinski definition) is 4. The third kappa shape index (κ3) is 4.76. The summed E-state index contributed by atoms with van der Waals surface area (Å²) < 4.78 is 16.3. The molecule has 3 rings (SSSR count). The topological polar surface area (TPSA) is 59.2 Å². The summed E-state index contributed by atoms with van der Waals surface area (Å²) in [7, 11) is 3.35. The molecule has 2 heterocycles. The first-order chi connectivity index (χ1) is 13.2. The van der Waals surface area contributed by atoms with Gasteiger partial charge in [0.2, 0.25) is 0 Å². The first kappa shape index (κ1) is 19.1. The highest BCUT2D eigenvalue weighted by molar-refractivity contribution is 5.80. The Balaban J connectivity index is 1.70. The molecule has 0 saturated heterocycles. The van der Waals surface area contributed by atoms with Gasteiger partial charge >= 0.3 is 0 Å². The summed E-state index contributed by atoms with van der Waals surface area (Å²) in [6, 6.07) is 8.10. The van der Waals surface area contributed by atoms with Gasteiger partial charge in [0.05, 0.1) is 20.5 Å². The predicted octanol–water partition coefficient (Wildman–Crippen LogP) is 3.25. The van der Waals surface area contributed by atoms with E-state index in [0.29, 0.717) is 0 Å². The first-order valence-corrected chi connectivity index (χ1v) is 9.54. The van der Waals surface area contributed by atoms with Crippen molar-refractivity contribution in [2.24, 2.45) is 4.99 Å². The number of guanidine groups is 1. The molecule has 0 saturated carbocycles. The lowest BCUT2D eigenvalue weighted by Gasteiger charge is -2.32. The van der Waals surface area contributed by atoms with Crippen LogP contribution in [-0.2, 0) is 19.4 Å². The van der Waals surface area contributed by atoms with Crippen LogP contribution in [0.1, 0.15) is 30.2 Å². The number of aliphatic imine (C=N–C) groups is 1. The molecule has 0 amide bonds. The molecular formula is C21H29N3O3. The van der Waals surface area contributed by atoms with Crippen molar-refractivity contribution in [3.05, 3.63) is 47.4 Å². The van der Waals surface area contributed by atoms with E-state index in [1.54, 1.807) is 20.5 Å². The summed E-state index contributed by atoms with van der Waals surface area (Å²) in [5.41, 5.74) is 2.57. The van der Waals surface area contributed by atoms with Gasteiger partial charge in [-0.05, 0) is 48.2 Å². The van der Waals surface area contributed by atoms with E-state index in [-0.39, 0.29) is 0 Å². The number of hydrogen-bond donors (Lipinski definition) is 1. The first-order valence-electron chi connectivity index (χ1n) is 9.54. The third-order valence-corrected chi connectivity index (χ3v) is 4.74. The molecule has 0 atom stereocenters. The predicted molar refractivity (Wildman–Crippen MR) is 107 cm³/mol. The van der Waals surface area contributed by atoms with Gasteiger partial charge in [0.25, 0.3) is 0 Å². The van der Waals surface area contributed by atoms with Crippen molar-refractivity contribution in [1.29, 1.82) is 0 Å². The fraction of sp³-hybridized carbons (Fsp3) is 0.476. The molecule has 0 radical (unpaired) electrons. The van der Waals surface area contributed by atoms with Gasteiger partial charge in [-0.2, -0.15) is 0 Å². The van der Waals surface area contributed by atoms with Crippen molar-refractivity contribution in [2.75, 3.05) is 33.9 Å². The Morgan fingerprint density at radius 1 is 1.22 bits per heavy atom. The third-order valence-electron chi connectivity index (χ3n) is 4.74. The van der Waals surface area contributed by atoms with Gasteiger partial charge in [-0.25, -0.2) is 0 Å². The highest BCUT2D eigenvalue weighted by atomic mass is 16.5. The normalized spacial score (nSPS) is 14.0.